The normalized spacial score (nSPS) is 13.8. The van der Waals surface area contributed by atoms with Crippen LogP contribution in [0.4, 0.5) is 5.82 Å². The number of benzene rings is 2. The van der Waals surface area contributed by atoms with E-state index in [1.807, 2.05) is 13.8 Å². The largest absolute Gasteiger partial charge is 0.487 e. The second-order valence-corrected chi connectivity index (χ2v) is 8.64. The number of hydrogen-bond donors (Lipinski definition) is 1. The summed E-state index contributed by atoms with van der Waals surface area (Å²) in [6.45, 7) is 3.98. The molecule has 3 aromatic rings. The van der Waals surface area contributed by atoms with Crippen molar-refractivity contribution < 1.29 is 19.1 Å². The number of fused-ring (bicyclic) bond motifs is 1. The first-order chi connectivity index (χ1) is 15.1. The maximum Gasteiger partial charge on any atom is 0.257 e. The van der Waals surface area contributed by atoms with Crippen LogP contribution in [0.15, 0.2) is 48.7 Å². The van der Waals surface area contributed by atoms with Gasteiger partial charge >= 0.3 is 0 Å². The maximum absolute atomic E-state index is 12.9. The summed E-state index contributed by atoms with van der Waals surface area (Å²) in [4.78, 5) is 26.5. The van der Waals surface area contributed by atoms with Crippen molar-refractivity contribution in [3.63, 3.8) is 0 Å². The molecule has 0 saturated heterocycles. The average molecular weight is 434 g/mol. The molecule has 1 aliphatic heterocycles. The minimum Gasteiger partial charge on any atom is -0.487 e. The average Bonchev–Trinajstić information content (AvgIpc) is 3.28. The highest BCUT2D eigenvalue weighted by Gasteiger charge is 2.34. The van der Waals surface area contributed by atoms with Crippen LogP contribution in [-0.2, 0) is 13.5 Å². The second-order valence-electron chi connectivity index (χ2n) is 8.64. The molecule has 2 heterocycles. The van der Waals surface area contributed by atoms with Gasteiger partial charge in [-0.3, -0.25) is 14.3 Å². The minimum atomic E-state index is -0.404. The van der Waals surface area contributed by atoms with Crippen molar-refractivity contribution in [2.45, 2.75) is 25.9 Å². The molecule has 0 saturated carbocycles. The Hall–Kier alpha value is -3.81. The predicted molar refractivity (Wildman–Crippen MR) is 121 cm³/mol. The zero-order chi connectivity index (χ0) is 23.0. The van der Waals surface area contributed by atoms with Crippen LogP contribution in [0.25, 0.3) is 0 Å². The zero-order valence-corrected chi connectivity index (χ0v) is 18.8. The standard InChI is InChI=1S/C24H26N4O4/c1-24(2)14-18-19(31-17-8-6-15(7-9-17)23(30)27(3)4)12-16(13-20(18)32-24)22(29)25-21-10-11-28(5)26-21/h6-13H,14H2,1-5H3,(H,25,26,29). The van der Waals surface area contributed by atoms with Gasteiger partial charge < -0.3 is 19.7 Å². The van der Waals surface area contributed by atoms with Crippen molar-refractivity contribution in [2.75, 3.05) is 19.4 Å². The van der Waals surface area contributed by atoms with Gasteiger partial charge in [0.25, 0.3) is 11.8 Å². The summed E-state index contributed by atoms with van der Waals surface area (Å²) >= 11 is 0. The molecule has 1 aromatic heterocycles. The molecule has 0 bridgehead atoms. The SMILES string of the molecule is CN(C)C(=O)c1ccc(Oc2cc(C(=O)Nc3ccn(C)n3)cc3c2CC(C)(C)O3)cc1. The topological polar surface area (TPSA) is 85.7 Å². The van der Waals surface area contributed by atoms with E-state index in [2.05, 4.69) is 10.4 Å². The molecule has 8 heteroatoms. The summed E-state index contributed by atoms with van der Waals surface area (Å²) in [6, 6.07) is 12.1. The Balaban J connectivity index is 1.63. The van der Waals surface area contributed by atoms with Gasteiger partial charge in [-0.1, -0.05) is 0 Å². The molecular formula is C24H26N4O4. The van der Waals surface area contributed by atoms with E-state index < -0.39 is 5.60 Å². The first kappa shape index (κ1) is 21.4. The fourth-order valence-corrected chi connectivity index (χ4v) is 3.59. The van der Waals surface area contributed by atoms with Crippen LogP contribution >= 0.6 is 0 Å². The highest BCUT2D eigenvalue weighted by Crippen LogP contribution is 2.43. The van der Waals surface area contributed by atoms with Crippen molar-refractivity contribution in [1.29, 1.82) is 0 Å². The Morgan fingerprint density at radius 3 is 2.47 bits per heavy atom. The van der Waals surface area contributed by atoms with Crippen LogP contribution in [0, 0.1) is 0 Å². The van der Waals surface area contributed by atoms with Crippen molar-refractivity contribution in [3.05, 3.63) is 65.4 Å². The first-order valence-corrected chi connectivity index (χ1v) is 10.3. The molecule has 4 rings (SSSR count). The summed E-state index contributed by atoms with van der Waals surface area (Å²) < 4.78 is 13.8. The lowest BCUT2D eigenvalue weighted by Crippen LogP contribution is -2.24. The lowest BCUT2D eigenvalue weighted by molar-refractivity contribution is 0.0827. The van der Waals surface area contributed by atoms with Gasteiger partial charge in [0.15, 0.2) is 5.82 Å². The summed E-state index contributed by atoms with van der Waals surface area (Å²) in [5.74, 6) is 1.80. The summed E-state index contributed by atoms with van der Waals surface area (Å²) in [7, 11) is 5.20. The lowest BCUT2D eigenvalue weighted by Gasteiger charge is -2.16. The van der Waals surface area contributed by atoms with Crippen LogP contribution in [0.2, 0.25) is 0 Å². The maximum atomic E-state index is 12.9. The van der Waals surface area contributed by atoms with Crippen molar-refractivity contribution in [2.24, 2.45) is 7.05 Å². The van der Waals surface area contributed by atoms with E-state index in [4.69, 9.17) is 9.47 Å². The molecule has 0 fully saturated rings. The molecule has 2 amide bonds. The number of anilines is 1. The van der Waals surface area contributed by atoms with Crippen LogP contribution in [0.5, 0.6) is 17.2 Å². The number of nitrogens with zero attached hydrogens (tertiary/aromatic N) is 3. The molecule has 1 aliphatic rings. The van der Waals surface area contributed by atoms with Crippen LogP contribution < -0.4 is 14.8 Å². The fraction of sp³-hybridized carbons (Fsp3) is 0.292. The van der Waals surface area contributed by atoms with E-state index in [0.29, 0.717) is 40.6 Å². The molecule has 0 spiro atoms. The number of hydrogen-bond acceptors (Lipinski definition) is 5. The highest BCUT2D eigenvalue weighted by molar-refractivity contribution is 6.04. The van der Waals surface area contributed by atoms with Gasteiger partial charge in [0, 0.05) is 56.5 Å². The Bertz CT molecular complexity index is 1180. The molecule has 2 aromatic carbocycles. The summed E-state index contributed by atoms with van der Waals surface area (Å²) in [5.41, 5.74) is 1.47. The molecule has 0 aliphatic carbocycles. The number of aryl methyl sites for hydroxylation is 1. The fourth-order valence-electron chi connectivity index (χ4n) is 3.59. The number of carbonyl (C=O) groups excluding carboxylic acids is 2. The first-order valence-electron chi connectivity index (χ1n) is 10.3. The van der Waals surface area contributed by atoms with Crippen molar-refractivity contribution in [3.8, 4) is 17.2 Å². The molecule has 1 N–H and O–H groups in total. The van der Waals surface area contributed by atoms with Gasteiger partial charge in [0.2, 0.25) is 0 Å². The number of nitrogens with one attached hydrogen (secondary N) is 1. The third-order valence-corrected chi connectivity index (χ3v) is 5.11. The second kappa shape index (κ2) is 8.03. The molecule has 0 atom stereocenters. The lowest BCUT2D eigenvalue weighted by atomic mass is 9.99. The third-order valence-electron chi connectivity index (χ3n) is 5.11. The molecule has 0 radical (unpaired) electrons. The van der Waals surface area contributed by atoms with Gasteiger partial charge in [0.05, 0.1) is 0 Å². The Kier molecular flexibility index (Phi) is 5.38. The Morgan fingerprint density at radius 2 is 1.84 bits per heavy atom. The molecular weight excluding hydrogens is 408 g/mol. The summed E-state index contributed by atoms with van der Waals surface area (Å²) in [5, 5.41) is 6.98. The molecule has 166 valence electrons. The van der Waals surface area contributed by atoms with E-state index >= 15 is 0 Å². The summed E-state index contributed by atoms with van der Waals surface area (Å²) in [6.07, 6.45) is 2.40. The van der Waals surface area contributed by atoms with E-state index in [1.54, 1.807) is 74.5 Å². The van der Waals surface area contributed by atoms with E-state index in [-0.39, 0.29) is 11.8 Å². The zero-order valence-electron chi connectivity index (χ0n) is 18.8. The number of ether oxygens (including phenoxy) is 2. The molecule has 8 nitrogen and oxygen atoms in total. The van der Waals surface area contributed by atoms with Crippen molar-refractivity contribution >= 4 is 17.6 Å². The minimum absolute atomic E-state index is 0.0826. The van der Waals surface area contributed by atoms with Gasteiger partial charge in [-0.25, -0.2) is 0 Å². The quantitative estimate of drug-likeness (QED) is 0.659. The van der Waals surface area contributed by atoms with E-state index in [0.717, 1.165) is 5.56 Å². The molecule has 32 heavy (non-hydrogen) atoms. The van der Waals surface area contributed by atoms with Gasteiger partial charge in [-0.15, -0.1) is 0 Å². The Labute approximate surface area is 186 Å². The predicted octanol–water partition coefficient (Wildman–Crippen LogP) is 3.88. The van der Waals surface area contributed by atoms with E-state index in [1.165, 1.54) is 4.90 Å². The van der Waals surface area contributed by atoms with Gasteiger partial charge in [0.1, 0.15) is 22.8 Å². The number of carbonyl (C=O) groups is 2. The monoisotopic (exact) mass is 434 g/mol. The smallest absolute Gasteiger partial charge is 0.257 e. The molecule has 0 unspecified atom stereocenters. The third kappa shape index (κ3) is 4.44. The van der Waals surface area contributed by atoms with Crippen LogP contribution in [0.1, 0.15) is 40.1 Å². The highest BCUT2D eigenvalue weighted by atomic mass is 16.5. The van der Waals surface area contributed by atoms with Gasteiger partial charge in [-0.2, -0.15) is 5.10 Å². The van der Waals surface area contributed by atoms with Crippen molar-refractivity contribution in [1.82, 2.24) is 14.7 Å². The Morgan fingerprint density at radius 1 is 1.12 bits per heavy atom. The number of rotatable bonds is 5. The van der Waals surface area contributed by atoms with Gasteiger partial charge in [-0.05, 0) is 50.2 Å². The number of amides is 2. The van der Waals surface area contributed by atoms with Crippen LogP contribution in [-0.4, -0.2) is 46.2 Å². The number of aromatic nitrogens is 2. The van der Waals surface area contributed by atoms with E-state index in [9.17, 15) is 9.59 Å². The van der Waals surface area contributed by atoms with Crippen LogP contribution in [0.3, 0.4) is 0 Å².